The van der Waals surface area contributed by atoms with Crippen molar-refractivity contribution in [3.8, 4) is 0 Å². The first-order chi connectivity index (χ1) is 8.24. The molecular formula is C14H27N3. The van der Waals surface area contributed by atoms with Crippen LogP contribution in [-0.4, -0.2) is 16.1 Å². The highest BCUT2D eigenvalue weighted by molar-refractivity contribution is 4.97. The molecule has 0 atom stereocenters. The van der Waals surface area contributed by atoms with Gasteiger partial charge in [0.05, 0.1) is 12.0 Å². The maximum Gasteiger partial charge on any atom is 0.0948 e. The number of imidazole rings is 1. The number of hydrogen-bond acceptors (Lipinski definition) is 2. The lowest BCUT2D eigenvalue weighted by Gasteiger charge is -2.08. The largest absolute Gasteiger partial charge is 0.333 e. The Balaban J connectivity index is 2.11. The van der Waals surface area contributed by atoms with E-state index in [-0.39, 0.29) is 0 Å². The molecule has 0 aliphatic rings. The Kier molecular flexibility index (Phi) is 6.94. The molecule has 1 aromatic heterocycles. The number of aromatic nitrogens is 2. The van der Waals surface area contributed by atoms with E-state index in [1.165, 1.54) is 25.0 Å². The average Bonchev–Trinajstić information content (AvgIpc) is 2.71. The standard InChI is InChI=1S/C14H27N3/c1-4-9-17-12-16-11-14(17)10-15-8-6-5-7-13(2)3/h11-13,15H,4-10H2,1-3H3. The van der Waals surface area contributed by atoms with Crippen molar-refractivity contribution in [3.05, 3.63) is 18.2 Å². The molecule has 98 valence electrons. The van der Waals surface area contributed by atoms with Crippen molar-refractivity contribution in [2.24, 2.45) is 5.92 Å². The smallest absolute Gasteiger partial charge is 0.0948 e. The van der Waals surface area contributed by atoms with Gasteiger partial charge >= 0.3 is 0 Å². The Morgan fingerprint density at radius 1 is 1.35 bits per heavy atom. The summed E-state index contributed by atoms with van der Waals surface area (Å²) in [6.07, 6.45) is 9.02. The fourth-order valence-electron chi connectivity index (χ4n) is 1.96. The quantitative estimate of drug-likeness (QED) is 0.668. The summed E-state index contributed by atoms with van der Waals surface area (Å²) in [5, 5.41) is 3.50. The van der Waals surface area contributed by atoms with E-state index in [9.17, 15) is 0 Å². The molecule has 0 unspecified atom stereocenters. The van der Waals surface area contributed by atoms with Crippen molar-refractivity contribution in [2.45, 2.75) is 59.5 Å². The van der Waals surface area contributed by atoms with Crippen molar-refractivity contribution in [1.29, 1.82) is 0 Å². The van der Waals surface area contributed by atoms with Gasteiger partial charge < -0.3 is 9.88 Å². The van der Waals surface area contributed by atoms with Crippen LogP contribution in [0, 0.1) is 5.92 Å². The molecule has 1 heterocycles. The van der Waals surface area contributed by atoms with Crippen LogP contribution in [0.25, 0.3) is 0 Å². The summed E-state index contributed by atoms with van der Waals surface area (Å²) in [7, 11) is 0. The third kappa shape index (κ3) is 5.87. The lowest BCUT2D eigenvalue weighted by Crippen LogP contribution is -2.17. The van der Waals surface area contributed by atoms with Crippen LogP contribution in [0.5, 0.6) is 0 Å². The molecule has 0 aliphatic heterocycles. The van der Waals surface area contributed by atoms with Gasteiger partial charge in [-0.2, -0.15) is 0 Å². The number of nitrogens with one attached hydrogen (secondary N) is 1. The van der Waals surface area contributed by atoms with E-state index in [0.717, 1.165) is 32.0 Å². The molecule has 0 amide bonds. The van der Waals surface area contributed by atoms with E-state index in [0.29, 0.717) is 0 Å². The van der Waals surface area contributed by atoms with Gasteiger partial charge in [0.2, 0.25) is 0 Å². The van der Waals surface area contributed by atoms with E-state index in [2.05, 4.69) is 35.6 Å². The molecule has 0 aliphatic carbocycles. The Morgan fingerprint density at radius 3 is 2.88 bits per heavy atom. The van der Waals surface area contributed by atoms with Crippen LogP contribution in [0.4, 0.5) is 0 Å². The van der Waals surface area contributed by atoms with E-state index in [1.807, 2.05) is 12.5 Å². The monoisotopic (exact) mass is 237 g/mol. The summed E-state index contributed by atoms with van der Waals surface area (Å²) in [6.45, 7) is 9.91. The van der Waals surface area contributed by atoms with Gasteiger partial charge in [-0.05, 0) is 25.3 Å². The third-order valence-corrected chi connectivity index (χ3v) is 2.95. The molecule has 1 N–H and O–H groups in total. The van der Waals surface area contributed by atoms with Gasteiger partial charge in [-0.3, -0.25) is 0 Å². The summed E-state index contributed by atoms with van der Waals surface area (Å²) in [6, 6.07) is 0. The topological polar surface area (TPSA) is 29.9 Å². The predicted octanol–water partition coefficient (Wildman–Crippen LogP) is 3.21. The van der Waals surface area contributed by atoms with Gasteiger partial charge in [0, 0.05) is 19.3 Å². The van der Waals surface area contributed by atoms with Crippen molar-refractivity contribution in [1.82, 2.24) is 14.9 Å². The third-order valence-electron chi connectivity index (χ3n) is 2.95. The molecule has 1 rings (SSSR count). The number of aryl methyl sites for hydroxylation is 1. The molecule has 0 aromatic carbocycles. The fourth-order valence-corrected chi connectivity index (χ4v) is 1.96. The van der Waals surface area contributed by atoms with E-state index < -0.39 is 0 Å². The molecule has 3 heteroatoms. The Labute approximate surface area is 106 Å². The first kappa shape index (κ1) is 14.2. The van der Waals surface area contributed by atoms with Crippen LogP contribution in [-0.2, 0) is 13.1 Å². The molecule has 3 nitrogen and oxygen atoms in total. The summed E-state index contributed by atoms with van der Waals surface area (Å²) < 4.78 is 2.24. The fraction of sp³-hybridized carbons (Fsp3) is 0.786. The van der Waals surface area contributed by atoms with Gasteiger partial charge in [-0.15, -0.1) is 0 Å². The van der Waals surface area contributed by atoms with Crippen molar-refractivity contribution >= 4 is 0 Å². The van der Waals surface area contributed by atoms with Crippen LogP contribution < -0.4 is 5.32 Å². The maximum atomic E-state index is 4.20. The molecule has 1 aromatic rings. The zero-order valence-electron chi connectivity index (χ0n) is 11.6. The number of hydrogen-bond donors (Lipinski definition) is 1. The normalized spacial score (nSPS) is 11.3. The molecule has 0 saturated heterocycles. The molecule has 0 bridgehead atoms. The van der Waals surface area contributed by atoms with Crippen LogP contribution >= 0.6 is 0 Å². The number of unbranched alkanes of at least 4 members (excludes halogenated alkanes) is 1. The lowest BCUT2D eigenvalue weighted by atomic mass is 10.1. The minimum atomic E-state index is 0.834. The molecular weight excluding hydrogens is 210 g/mol. The highest BCUT2D eigenvalue weighted by atomic mass is 15.1. The lowest BCUT2D eigenvalue weighted by molar-refractivity contribution is 0.515. The second kappa shape index (κ2) is 8.29. The summed E-state index contributed by atoms with van der Waals surface area (Å²) in [5.41, 5.74) is 1.30. The highest BCUT2D eigenvalue weighted by Crippen LogP contribution is 2.05. The van der Waals surface area contributed by atoms with Crippen molar-refractivity contribution in [3.63, 3.8) is 0 Å². The van der Waals surface area contributed by atoms with Gasteiger partial charge in [-0.1, -0.05) is 33.6 Å². The van der Waals surface area contributed by atoms with Gasteiger partial charge in [0.1, 0.15) is 0 Å². The first-order valence-corrected chi connectivity index (χ1v) is 6.93. The van der Waals surface area contributed by atoms with Crippen LogP contribution in [0.1, 0.15) is 52.1 Å². The van der Waals surface area contributed by atoms with Crippen molar-refractivity contribution < 1.29 is 0 Å². The number of nitrogens with zero attached hydrogens (tertiary/aromatic N) is 2. The Morgan fingerprint density at radius 2 is 2.18 bits per heavy atom. The molecule has 0 saturated carbocycles. The maximum absolute atomic E-state index is 4.20. The first-order valence-electron chi connectivity index (χ1n) is 6.93. The SMILES string of the molecule is CCCn1cncc1CNCCCCC(C)C. The predicted molar refractivity (Wildman–Crippen MR) is 72.9 cm³/mol. The van der Waals surface area contributed by atoms with E-state index >= 15 is 0 Å². The minimum absolute atomic E-state index is 0.834. The molecule has 0 fully saturated rings. The second-order valence-electron chi connectivity index (χ2n) is 5.14. The van der Waals surface area contributed by atoms with Crippen LogP contribution in [0.2, 0.25) is 0 Å². The Hall–Kier alpha value is -0.830. The van der Waals surface area contributed by atoms with Gasteiger partial charge in [0.25, 0.3) is 0 Å². The van der Waals surface area contributed by atoms with E-state index in [1.54, 1.807) is 0 Å². The summed E-state index contributed by atoms with van der Waals surface area (Å²) in [4.78, 5) is 4.20. The van der Waals surface area contributed by atoms with Crippen LogP contribution in [0.3, 0.4) is 0 Å². The minimum Gasteiger partial charge on any atom is -0.333 e. The van der Waals surface area contributed by atoms with E-state index in [4.69, 9.17) is 0 Å². The number of rotatable bonds is 9. The summed E-state index contributed by atoms with van der Waals surface area (Å²) >= 11 is 0. The molecule has 0 spiro atoms. The molecule has 0 radical (unpaired) electrons. The highest BCUT2D eigenvalue weighted by Gasteiger charge is 2.00. The molecule has 17 heavy (non-hydrogen) atoms. The van der Waals surface area contributed by atoms with Gasteiger partial charge in [0.15, 0.2) is 0 Å². The average molecular weight is 237 g/mol. The van der Waals surface area contributed by atoms with Gasteiger partial charge in [-0.25, -0.2) is 4.98 Å². The summed E-state index contributed by atoms with van der Waals surface area (Å²) in [5.74, 6) is 0.834. The van der Waals surface area contributed by atoms with Crippen LogP contribution in [0.15, 0.2) is 12.5 Å². The zero-order chi connectivity index (χ0) is 12.5. The van der Waals surface area contributed by atoms with Crippen molar-refractivity contribution in [2.75, 3.05) is 6.54 Å². The Bertz CT molecular complexity index is 291. The second-order valence-corrected chi connectivity index (χ2v) is 5.14. The zero-order valence-corrected chi connectivity index (χ0v) is 11.6.